The van der Waals surface area contributed by atoms with Gasteiger partial charge in [-0.3, -0.25) is 4.79 Å². The molecule has 3 unspecified atom stereocenters. The number of halogens is 1. The lowest BCUT2D eigenvalue weighted by Crippen LogP contribution is -2.43. The van der Waals surface area contributed by atoms with Crippen molar-refractivity contribution >= 4 is 29.2 Å². The molecule has 1 saturated carbocycles. The summed E-state index contributed by atoms with van der Waals surface area (Å²) in [7, 11) is 0. The minimum absolute atomic E-state index is 0.100. The number of fused-ring (bicyclic) bond motifs is 1. The predicted molar refractivity (Wildman–Crippen MR) is 103 cm³/mol. The predicted octanol–water partition coefficient (Wildman–Crippen LogP) is 3.07. The first-order chi connectivity index (χ1) is 12.1. The first kappa shape index (κ1) is 19.0. The average Bonchev–Trinajstić information content (AvgIpc) is 3.09. The molecule has 0 bridgehead atoms. The monoisotopic (exact) mass is 378 g/mol. The molecular formula is C19H27ClN4O2. The van der Waals surface area contributed by atoms with Crippen LogP contribution in [0.25, 0.3) is 0 Å². The Hall–Kier alpha value is -1.79. The van der Waals surface area contributed by atoms with Crippen molar-refractivity contribution in [3.8, 4) is 0 Å². The van der Waals surface area contributed by atoms with E-state index in [9.17, 15) is 9.59 Å². The molecule has 2 aliphatic rings. The SMILES string of the molecule is CC(C)(C)NC(=O)Nc1ccc(Cl)c(C(=O)N2CC3CCC(N)C3C2)c1. The second kappa shape index (κ2) is 7.08. The van der Waals surface area contributed by atoms with Crippen molar-refractivity contribution in [3.05, 3.63) is 28.8 Å². The minimum atomic E-state index is -0.346. The van der Waals surface area contributed by atoms with Crippen LogP contribution in [0.2, 0.25) is 5.02 Å². The van der Waals surface area contributed by atoms with Gasteiger partial charge in [0.15, 0.2) is 0 Å². The van der Waals surface area contributed by atoms with Crippen LogP contribution >= 0.6 is 11.6 Å². The van der Waals surface area contributed by atoms with Gasteiger partial charge in [0.2, 0.25) is 0 Å². The number of nitrogens with two attached hydrogens (primary N) is 1. The van der Waals surface area contributed by atoms with E-state index in [4.69, 9.17) is 17.3 Å². The second-order valence-electron chi connectivity index (χ2n) is 8.40. The fourth-order valence-electron chi connectivity index (χ4n) is 3.91. The number of benzene rings is 1. The molecule has 142 valence electrons. The molecule has 1 heterocycles. The maximum Gasteiger partial charge on any atom is 0.319 e. The first-order valence-electron chi connectivity index (χ1n) is 9.07. The van der Waals surface area contributed by atoms with Crippen LogP contribution in [0.4, 0.5) is 10.5 Å². The molecule has 6 nitrogen and oxygen atoms in total. The molecule has 4 N–H and O–H groups in total. The Morgan fingerprint density at radius 2 is 1.96 bits per heavy atom. The Morgan fingerprint density at radius 3 is 2.62 bits per heavy atom. The normalized spacial score (nSPS) is 25.1. The third-order valence-corrected chi connectivity index (χ3v) is 5.47. The first-order valence-corrected chi connectivity index (χ1v) is 9.45. The van der Waals surface area contributed by atoms with Crippen molar-refractivity contribution in [2.75, 3.05) is 18.4 Å². The van der Waals surface area contributed by atoms with Crippen molar-refractivity contribution in [3.63, 3.8) is 0 Å². The number of amides is 3. The molecule has 26 heavy (non-hydrogen) atoms. The Bertz CT molecular complexity index is 716. The van der Waals surface area contributed by atoms with Crippen LogP contribution in [0.3, 0.4) is 0 Å². The van der Waals surface area contributed by atoms with E-state index < -0.39 is 0 Å². The molecule has 3 amide bonds. The van der Waals surface area contributed by atoms with Gasteiger partial charge in [0.1, 0.15) is 0 Å². The topological polar surface area (TPSA) is 87.5 Å². The standard InChI is InChI=1S/C19H27ClN4O2/c1-19(2,3)23-18(26)22-12-5-6-15(20)13(8-12)17(25)24-9-11-4-7-16(21)14(11)10-24/h5-6,8,11,14,16H,4,7,9-10,21H2,1-3H3,(H2,22,23,26). The van der Waals surface area contributed by atoms with Crippen LogP contribution in [0.5, 0.6) is 0 Å². The zero-order chi connectivity index (χ0) is 19.1. The lowest BCUT2D eigenvalue weighted by molar-refractivity contribution is 0.0779. The number of likely N-dealkylation sites (tertiary alicyclic amines) is 1. The number of rotatable bonds is 2. The fourth-order valence-corrected chi connectivity index (χ4v) is 4.11. The van der Waals surface area contributed by atoms with Gasteiger partial charge in [0, 0.05) is 30.4 Å². The number of urea groups is 1. The summed E-state index contributed by atoms with van der Waals surface area (Å²) in [6, 6.07) is 4.84. The molecule has 1 aliphatic heterocycles. The van der Waals surface area contributed by atoms with E-state index in [1.54, 1.807) is 18.2 Å². The number of hydrogen-bond acceptors (Lipinski definition) is 3. The maximum absolute atomic E-state index is 12.9. The van der Waals surface area contributed by atoms with Gasteiger partial charge in [-0.15, -0.1) is 0 Å². The molecule has 1 aliphatic carbocycles. The van der Waals surface area contributed by atoms with E-state index in [2.05, 4.69) is 10.6 Å². The van der Waals surface area contributed by atoms with Gasteiger partial charge in [0.25, 0.3) is 5.91 Å². The molecule has 1 saturated heterocycles. The van der Waals surface area contributed by atoms with Crippen LogP contribution in [-0.4, -0.2) is 41.5 Å². The van der Waals surface area contributed by atoms with E-state index in [0.29, 0.717) is 34.7 Å². The van der Waals surface area contributed by atoms with Crippen molar-refractivity contribution in [2.45, 2.75) is 45.2 Å². The van der Waals surface area contributed by atoms with E-state index >= 15 is 0 Å². The quantitative estimate of drug-likeness (QED) is 0.739. The lowest BCUT2D eigenvalue weighted by atomic mass is 9.98. The molecule has 0 spiro atoms. The van der Waals surface area contributed by atoms with Crippen LogP contribution in [0, 0.1) is 11.8 Å². The Balaban J connectivity index is 1.72. The molecule has 0 aromatic heterocycles. The Labute approximate surface area is 159 Å². The van der Waals surface area contributed by atoms with Crippen molar-refractivity contribution in [1.82, 2.24) is 10.2 Å². The van der Waals surface area contributed by atoms with E-state index in [1.807, 2.05) is 25.7 Å². The largest absolute Gasteiger partial charge is 0.338 e. The van der Waals surface area contributed by atoms with Gasteiger partial charge in [-0.2, -0.15) is 0 Å². The molecule has 0 radical (unpaired) electrons. The Kier molecular flexibility index (Phi) is 5.17. The summed E-state index contributed by atoms with van der Waals surface area (Å²) in [5, 5.41) is 5.97. The highest BCUT2D eigenvalue weighted by Crippen LogP contribution is 2.38. The molecule has 1 aromatic carbocycles. The number of carbonyl (C=O) groups excluding carboxylic acids is 2. The summed E-state index contributed by atoms with van der Waals surface area (Å²) < 4.78 is 0. The van der Waals surface area contributed by atoms with Crippen molar-refractivity contribution < 1.29 is 9.59 Å². The molecule has 7 heteroatoms. The summed E-state index contributed by atoms with van der Waals surface area (Å²) in [4.78, 5) is 26.8. The summed E-state index contributed by atoms with van der Waals surface area (Å²) >= 11 is 6.26. The van der Waals surface area contributed by atoms with Gasteiger partial charge in [-0.1, -0.05) is 11.6 Å². The zero-order valence-electron chi connectivity index (χ0n) is 15.5. The summed E-state index contributed by atoms with van der Waals surface area (Å²) in [5.74, 6) is 0.777. The zero-order valence-corrected chi connectivity index (χ0v) is 16.3. The van der Waals surface area contributed by atoms with Crippen molar-refractivity contribution in [1.29, 1.82) is 0 Å². The number of hydrogen-bond donors (Lipinski definition) is 3. The number of nitrogens with one attached hydrogen (secondary N) is 2. The van der Waals surface area contributed by atoms with Gasteiger partial charge < -0.3 is 21.3 Å². The minimum Gasteiger partial charge on any atom is -0.338 e. The molecule has 3 rings (SSSR count). The van der Waals surface area contributed by atoms with E-state index in [1.165, 1.54) is 0 Å². The van der Waals surface area contributed by atoms with Crippen LogP contribution in [0.1, 0.15) is 44.0 Å². The highest BCUT2D eigenvalue weighted by molar-refractivity contribution is 6.34. The van der Waals surface area contributed by atoms with Gasteiger partial charge >= 0.3 is 6.03 Å². The van der Waals surface area contributed by atoms with Gasteiger partial charge in [-0.25, -0.2) is 4.79 Å². The molecule has 3 atom stereocenters. The van der Waals surface area contributed by atoms with Crippen LogP contribution < -0.4 is 16.4 Å². The number of anilines is 1. The average molecular weight is 379 g/mol. The fraction of sp³-hybridized carbons (Fsp3) is 0.579. The third kappa shape index (κ3) is 4.13. The third-order valence-electron chi connectivity index (χ3n) is 5.14. The Morgan fingerprint density at radius 1 is 1.23 bits per heavy atom. The van der Waals surface area contributed by atoms with Gasteiger partial charge in [0.05, 0.1) is 10.6 Å². The van der Waals surface area contributed by atoms with E-state index in [-0.39, 0.29) is 23.5 Å². The van der Waals surface area contributed by atoms with E-state index in [0.717, 1.165) is 19.4 Å². The second-order valence-corrected chi connectivity index (χ2v) is 8.81. The van der Waals surface area contributed by atoms with Gasteiger partial charge in [-0.05, 0) is 63.6 Å². The summed E-state index contributed by atoms with van der Waals surface area (Å²) in [6.45, 7) is 7.12. The smallest absolute Gasteiger partial charge is 0.319 e. The summed E-state index contributed by atoms with van der Waals surface area (Å²) in [6.07, 6.45) is 2.12. The number of nitrogens with zero attached hydrogens (tertiary/aromatic N) is 1. The molecule has 1 aromatic rings. The van der Waals surface area contributed by atoms with Crippen LogP contribution in [-0.2, 0) is 0 Å². The maximum atomic E-state index is 12.9. The van der Waals surface area contributed by atoms with Crippen LogP contribution in [0.15, 0.2) is 18.2 Å². The highest BCUT2D eigenvalue weighted by Gasteiger charge is 2.42. The van der Waals surface area contributed by atoms with Crippen molar-refractivity contribution in [2.24, 2.45) is 17.6 Å². The number of carbonyl (C=O) groups is 2. The molecular weight excluding hydrogens is 352 g/mol. The highest BCUT2D eigenvalue weighted by atomic mass is 35.5. The lowest BCUT2D eigenvalue weighted by Gasteiger charge is -2.22. The molecule has 2 fully saturated rings. The summed E-state index contributed by atoms with van der Waals surface area (Å²) in [5.41, 5.74) is 6.76.